The van der Waals surface area contributed by atoms with E-state index in [1.807, 2.05) is 0 Å². The van der Waals surface area contributed by atoms with E-state index in [-0.39, 0.29) is 45.6 Å². The van der Waals surface area contributed by atoms with Gasteiger partial charge >= 0.3 is 6.18 Å². The summed E-state index contributed by atoms with van der Waals surface area (Å²) in [6, 6.07) is 8.11. The van der Waals surface area contributed by atoms with Crippen molar-refractivity contribution < 1.29 is 36.3 Å². The van der Waals surface area contributed by atoms with E-state index in [1.54, 1.807) is 6.07 Å². The van der Waals surface area contributed by atoms with Crippen molar-refractivity contribution in [1.29, 1.82) is 0 Å². The normalized spacial score (nSPS) is 16.2. The SMILES string of the molecule is C[C@H](O)C(=O)N[C@H]1Cc2ncc(NC(=O)c3c(Cl)cccc3Cl)cc2N(S(=O)(=O)c2cccc(C(F)(F)F)c2)C1. The van der Waals surface area contributed by atoms with E-state index in [4.69, 9.17) is 23.2 Å². The number of sulfonamides is 1. The lowest BCUT2D eigenvalue weighted by atomic mass is 10.0. The number of pyridine rings is 1. The number of rotatable bonds is 6. The van der Waals surface area contributed by atoms with Crippen LogP contribution in [0.4, 0.5) is 24.5 Å². The molecule has 212 valence electrons. The van der Waals surface area contributed by atoms with Crippen LogP contribution in [0.3, 0.4) is 0 Å². The van der Waals surface area contributed by atoms with E-state index in [9.17, 15) is 36.3 Å². The summed E-state index contributed by atoms with van der Waals surface area (Å²) in [5, 5.41) is 14.8. The summed E-state index contributed by atoms with van der Waals surface area (Å²) in [5.41, 5.74) is -0.997. The van der Waals surface area contributed by atoms with Gasteiger partial charge in [0.2, 0.25) is 5.91 Å². The van der Waals surface area contributed by atoms with Crippen LogP contribution in [0.2, 0.25) is 10.0 Å². The highest BCUT2D eigenvalue weighted by atomic mass is 35.5. The number of hydrogen-bond donors (Lipinski definition) is 3. The van der Waals surface area contributed by atoms with E-state index in [2.05, 4.69) is 15.6 Å². The van der Waals surface area contributed by atoms with Crippen molar-refractivity contribution in [2.45, 2.75) is 36.6 Å². The van der Waals surface area contributed by atoms with Gasteiger partial charge in [-0.1, -0.05) is 35.3 Å². The Morgan fingerprint density at radius 1 is 1.12 bits per heavy atom. The third-order valence-electron chi connectivity index (χ3n) is 5.96. The first-order chi connectivity index (χ1) is 18.7. The number of aliphatic hydroxyl groups is 1. The van der Waals surface area contributed by atoms with Crippen LogP contribution in [0.25, 0.3) is 0 Å². The highest BCUT2D eigenvalue weighted by molar-refractivity contribution is 7.92. The molecule has 2 amide bonds. The summed E-state index contributed by atoms with van der Waals surface area (Å²) < 4.78 is 68.2. The van der Waals surface area contributed by atoms with Crippen molar-refractivity contribution in [3.8, 4) is 0 Å². The molecule has 3 N–H and O–H groups in total. The summed E-state index contributed by atoms with van der Waals surface area (Å²) in [4.78, 5) is 28.6. The van der Waals surface area contributed by atoms with E-state index < -0.39 is 50.6 Å². The number of amides is 2. The zero-order valence-electron chi connectivity index (χ0n) is 20.5. The first-order valence-corrected chi connectivity index (χ1v) is 13.8. The van der Waals surface area contributed by atoms with Crippen LogP contribution in [-0.2, 0) is 27.4 Å². The smallest absolute Gasteiger partial charge is 0.384 e. The molecular formula is C25H21Cl2F3N4O5S. The third-order valence-corrected chi connectivity index (χ3v) is 8.37. The Morgan fingerprint density at radius 2 is 1.77 bits per heavy atom. The second kappa shape index (κ2) is 11.2. The molecule has 40 heavy (non-hydrogen) atoms. The van der Waals surface area contributed by atoms with E-state index in [0.717, 1.165) is 22.5 Å². The van der Waals surface area contributed by atoms with Gasteiger partial charge in [-0.2, -0.15) is 13.2 Å². The Hall–Kier alpha value is -3.39. The van der Waals surface area contributed by atoms with Crippen LogP contribution >= 0.6 is 23.2 Å². The number of anilines is 2. The fourth-order valence-corrected chi connectivity index (χ4v) is 6.18. The predicted octanol–water partition coefficient (Wildman–Crippen LogP) is 4.28. The zero-order chi connectivity index (χ0) is 29.4. The zero-order valence-corrected chi connectivity index (χ0v) is 22.9. The van der Waals surface area contributed by atoms with Crippen LogP contribution < -0.4 is 14.9 Å². The number of benzene rings is 2. The first kappa shape index (κ1) is 29.6. The van der Waals surface area contributed by atoms with Crippen molar-refractivity contribution in [3.63, 3.8) is 0 Å². The van der Waals surface area contributed by atoms with Gasteiger partial charge in [0.25, 0.3) is 15.9 Å². The molecule has 1 aliphatic heterocycles. The maximum absolute atomic E-state index is 13.7. The Morgan fingerprint density at radius 3 is 2.40 bits per heavy atom. The van der Waals surface area contributed by atoms with Crippen LogP contribution in [0.15, 0.2) is 59.6 Å². The van der Waals surface area contributed by atoms with Gasteiger partial charge in [0, 0.05) is 6.42 Å². The average Bonchev–Trinajstić information content (AvgIpc) is 2.87. The summed E-state index contributed by atoms with van der Waals surface area (Å²) >= 11 is 12.2. The van der Waals surface area contributed by atoms with Crippen LogP contribution in [-0.4, -0.2) is 49.0 Å². The number of aromatic nitrogens is 1. The van der Waals surface area contributed by atoms with E-state index in [1.165, 1.54) is 31.3 Å². The van der Waals surface area contributed by atoms with Gasteiger partial charge in [0.15, 0.2) is 0 Å². The number of nitrogens with one attached hydrogen (secondary N) is 2. The van der Waals surface area contributed by atoms with Crippen molar-refractivity contribution in [3.05, 3.63) is 81.6 Å². The van der Waals surface area contributed by atoms with Gasteiger partial charge < -0.3 is 15.7 Å². The minimum absolute atomic E-state index is 0.0250. The molecular weight excluding hydrogens is 596 g/mol. The fraction of sp³-hybridized carbons (Fsp3) is 0.240. The van der Waals surface area contributed by atoms with Gasteiger partial charge in [-0.3, -0.25) is 18.9 Å². The number of carbonyl (C=O) groups excluding carboxylic acids is 2. The number of alkyl halides is 3. The molecule has 0 bridgehead atoms. The number of halogens is 5. The molecule has 4 rings (SSSR count). The first-order valence-electron chi connectivity index (χ1n) is 11.6. The largest absolute Gasteiger partial charge is 0.416 e. The molecule has 0 saturated heterocycles. The molecule has 1 aliphatic rings. The van der Waals surface area contributed by atoms with Crippen molar-refractivity contribution in [1.82, 2.24) is 10.3 Å². The fourth-order valence-electron chi connectivity index (χ4n) is 4.03. The summed E-state index contributed by atoms with van der Waals surface area (Å²) in [6.45, 7) is 0.834. The Kier molecular flexibility index (Phi) is 8.31. The third kappa shape index (κ3) is 6.17. The molecule has 9 nitrogen and oxygen atoms in total. The van der Waals surface area contributed by atoms with Crippen molar-refractivity contribution in [2.24, 2.45) is 0 Å². The highest BCUT2D eigenvalue weighted by Crippen LogP contribution is 2.36. The molecule has 0 unspecified atom stereocenters. The van der Waals surface area contributed by atoms with Crippen LogP contribution in [0.5, 0.6) is 0 Å². The number of carbonyl (C=O) groups is 2. The molecule has 0 saturated carbocycles. The monoisotopic (exact) mass is 616 g/mol. The molecule has 0 aliphatic carbocycles. The summed E-state index contributed by atoms with van der Waals surface area (Å²) in [7, 11) is -4.63. The number of fused-ring (bicyclic) bond motifs is 1. The van der Waals surface area contributed by atoms with Crippen molar-refractivity contribution >= 4 is 56.4 Å². The molecule has 2 heterocycles. The minimum atomic E-state index is -4.79. The van der Waals surface area contributed by atoms with E-state index >= 15 is 0 Å². The molecule has 0 radical (unpaired) electrons. The van der Waals surface area contributed by atoms with Gasteiger partial charge in [-0.25, -0.2) is 8.42 Å². The number of aliphatic hydroxyl groups excluding tert-OH is 1. The molecule has 2 atom stereocenters. The predicted molar refractivity (Wildman–Crippen MR) is 142 cm³/mol. The summed E-state index contributed by atoms with van der Waals surface area (Å²) in [5.74, 6) is -1.48. The Balaban J connectivity index is 1.76. The quantitative estimate of drug-likeness (QED) is 0.379. The lowest BCUT2D eigenvalue weighted by Crippen LogP contribution is -2.52. The minimum Gasteiger partial charge on any atom is -0.384 e. The molecule has 0 fully saturated rings. The lowest BCUT2D eigenvalue weighted by molar-refractivity contribution is -0.137. The van der Waals surface area contributed by atoms with Gasteiger partial charge in [0.05, 0.1) is 61.9 Å². The Labute approximate surface area is 237 Å². The highest BCUT2D eigenvalue weighted by Gasteiger charge is 2.37. The van der Waals surface area contributed by atoms with Gasteiger partial charge in [-0.15, -0.1) is 0 Å². The molecule has 3 aromatic rings. The standard InChI is InChI=1S/C25H21Cl2F3N4O5S/c1-13(35)23(36)33-16-9-20-21(10-15(11-31-20)32-24(37)22-18(26)6-3-7-19(22)27)34(12-16)40(38,39)17-5-2-4-14(8-17)25(28,29)30/h2-8,10-11,13,16,35H,9,12H2,1H3,(H,32,37)(H,33,36)/t13-,16-/m0/s1. The number of hydrogen-bond acceptors (Lipinski definition) is 6. The van der Waals surface area contributed by atoms with Crippen LogP contribution in [0, 0.1) is 0 Å². The van der Waals surface area contributed by atoms with Gasteiger partial charge in [0.1, 0.15) is 6.10 Å². The summed E-state index contributed by atoms with van der Waals surface area (Å²) in [6.07, 6.45) is -4.90. The second-order valence-electron chi connectivity index (χ2n) is 8.89. The van der Waals surface area contributed by atoms with Gasteiger partial charge in [-0.05, 0) is 43.3 Å². The van der Waals surface area contributed by atoms with Crippen LogP contribution in [0.1, 0.15) is 28.5 Å². The molecule has 0 spiro atoms. The second-order valence-corrected chi connectivity index (χ2v) is 11.6. The maximum Gasteiger partial charge on any atom is 0.416 e. The molecule has 15 heteroatoms. The topological polar surface area (TPSA) is 129 Å². The maximum atomic E-state index is 13.7. The lowest BCUT2D eigenvalue weighted by Gasteiger charge is -2.35. The van der Waals surface area contributed by atoms with E-state index in [0.29, 0.717) is 6.07 Å². The molecule has 2 aromatic carbocycles. The molecule has 1 aromatic heterocycles. The Bertz CT molecular complexity index is 1560. The van der Waals surface area contributed by atoms with Crippen molar-refractivity contribution in [2.75, 3.05) is 16.2 Å². The number of nitrogens with zero attached hydrogens (tertiary/aromatic N) is 2. The average molecular weight is 617 g/mol.